The fourth-order valence-electron chi connectivity index (χ4n) is 1.32. The van der Waals surface area contributed by atoms with Gasteiger partial charge in [-0.2, -0.15) is 10.5 Å². The van der Waals surface area contributed by atoms with Crippen LogP contribution in [0.5, 0.6) is 0 Å². The van der Waals surface area contributed by atoms with E-state index in [4.69, 9.17) is 15.3 Å². The third-order valence-electron chi connectivity index (χ3n) is 2.21. The van der Waals surface area contributed by atoms with E-state index in [-0.39, 0.29) is 18.1 Å². The molecule has 0 aliphatic rings. The zero-order valence-corrected chi connectivity index (χ0v) is 10.9. The Morgan fingerprint density at radius 2 is 2.16 bits per heavy atom. The predicted octanol–water partition coefficient (Wildman–Crippen LogP) is 2.66. The molecule has 0 fully saturated rings. The van der Waals surface area contributed by atoms with Gasteiger partial charge < -0.3 is 4.74 Å². The van der Waals surface area contributed by atoms with E-state index in [0.717, 1.165) is 0 Å². The molecule has 0 amide bonds. The summed E-state index contributed by atoms with van der Waals surface area (Å²) in [7, 11) is 0. The molecule has 4 heteroatoms. The number of nitrogens with zero attached hydrogens (tertiary/aromatic N) is 2. The van der Waals surface area contributed by atoms with Crippen LogP contribution >= 0.6 is 0 Å². The summed E-state index contributed by atoms with van der Waals surface area (Å²) in [5, 5.41) is 17.7. The molecular weight excluding hydrogens is 240 g/mol. The number of hydrogen-bond donors (Lipinski definition) is 0. The molecule has 96 valence electrons. The van der Waals surface area contributed by atoms with E-state index in [2.05, 4.69) is 0 Å². The molecular formula is C15H14N2O2. The van der Waals surface area contributed by atoms with Gasteiger partial charge >= 0.3 is 5.97 Å². The maximum atomic E-state index is 11.7. The van der Waals surface area contributed by atoms with E-state index < -0.39 is 5.97 Å². The van der Waals surface area contributed by atoms with E-state index in [1.807, 2.05) is 26.0 Å². The van der Waals surface area contributed by atoms with Crippen LogP contribution < -0.4 is 0 Å². The van der Waals surface area contributed by atoms with Gasteiger partial charge in [-0.15, -0.1) is 0 Å². The van der Waals surface area contributed by atoms with Crippen LogP contribution in [0.3, 0.4) is 0 Å². The van der Waals surface area contributed by atoms with Crippen LogP contribution in [0.25, 0.3) is 6.08 Å². The Balaban J connectivity index is 2.90. The normalized spacial score (nSPS) is 10.7. The summed E-state index contributed by atoms with van der Waals surface area (Å²) in [6, 6.07) is 10.5. The van der Waals surface area contributed by atoms with Crippen LogP contribution in [-0.4, -0.2) is 12.6 Å². The molecule has 0 atom stereocenters. The van der Waals surface area contributed by atoms with E-state index >= 15 is 0 Å². The molecule has 0 saturated carbocycles. The molecule has 0 radical (unpaired) electrons. The van der Waals surface area contributed by atoms with Gasteiger partial charge in [0.1, 0.15) is 11.6 Å². The molecule has 4 nitrogen and oxygen atoms in total. The maximum Gasteiger partial charge on any atom is 0.348 e. The smallest absolute Gasteiger partial charge is 0.348 e. The molecule has 1 aromatic rings. The molecule has 0 saturated heterocycles. The average Bonchev–Trinajstić information content (AvgIpc) is 2.42. The molecule has 0 aromatic heterocycles. The van der Waals surface area contributed by atoms with Crippen molar-refractivity contribution in [1.29, 1.82) is 10.5 Å². The fourth-order valence-corrected chi connectivity index (χ4v) is 1.32. The summed E-state index contributed by atoms with van der Waals surface area (Å²) < 4.78 is 4.99. The van der Waals surface area contributed by atoms with E-state index in [1.165, 1.54) is 6.08 Å². The number of esters is 1. The lowest BCUT2D eigenvalue weighted by Gasteiger charge is -2.06. The minimum atomic E-state index is -0.640. The monoisotopic (exact) mass is 254 g/mol. The van der Waals surface area contributed by atoms with Crippen LogP contribution in [0.2, 0.25) is 0 Å². The van der Waals surface area contributed by atoms with Crippen molar-refractivity contribution < 1.29 is 9.53 Å². The number of benzene rings is 1. The molecule has 0 bridgehead atoms. The van der Waals surface area contributed by atoms with Crippen molar-refractivity contribution >= 4 is 12.0 Å². The largest absolute Gasteiger partial charge is 0.461 e. The average molecular weight is 254 g/mol. The summed E-state index contributed by atoms with van der Waals surface area (Å²) >= 11 is 0. The zero-order chi connectivity index (χ0) is 14.3. The van der Waals surface area contributed by atoms with Gasteiger partial charge in [0, 0.05) is 0 Å². The summed E-state index contributed by atoms with van der Waals surface area (Å²) in [6.45, 7) is 4.11. The molecule has 0 heterocycles. The molecule has 0 aliphatic heterocycles. The second kappa shape index (κ2) is 6.98. The van der Waals surface area contributed by atoms with Crippen LogP contribution in [0.4, 0.5) is 0 Å². The van der Waals surface area contributed by atoms with E-state index in [1.54, 1.807) is 24.3 Å². The molecule has 0 unspecified atom stereocenters. The van der Waals surface area contributed by atoms with Gasteiger partial charge in [-0.05, 0) is 29.7 Å². The first-order valence-corrected chi connectivity index (χ1v) is 5.86. The second-order valence-electron chi connectivity index (χ2n) is 4.40. The Kier molecular flexibility index (Phi) is 5.32. The maximum absolute atomic E-state index is 11.7. The Bertz CT molecular complexity index is 575. The second-order valence-corrected chi connectivity index (χ2v) is 4.40. The van der Waals surface area contributed by atoms with Crippen LogP contribution in [-0.2, 0) is 9.53 Å². The van der Waals surface area contributed by atoms with E-state index in [0.29, 0.717) is 11.1 Å². The van der Waals surface area contributed by atoms with E-state index in [9.17, 15) is 4.79 Å². The van der Waals surface area contributed by atoms with Gasteiger partial charge in [-0.25, -0.2) is 4.79 Å². The molecule has 0 spiro atoms. The summed E-state index contributed by atoms with van der Waals surface area (Å²) in [5.74, 6) is -0.427. The van der Waals surface area contributed by atoms with Crippen molar-refractivity contribution in [2.24, 2.45) is 5.92 Å². The van der Waals surface area contributed by atoms with Gasteiger partial charge in [-0.1, -0.05) is 26.0 Å². The summed E-state index contributed by atoms with van der Waals surface area (Å²) in [5.41, 5.74) is 1.02. The number of rotatable bonds is 4. The minimum absolute atomic E-state index is 0.0734. The van der Waals surface area contributed by atoms with Gasteiger partial charge in [0.15, 0.2) is 0 Å². The van der Waals surface area contributed by atoms with Crippen molar-refractivity contribution in [1.82, 2.24) is 0 Å². The predicted molar refractivity (Wildman–Crippen MR) is 70.5 cm³/mol. The zero-order valence-electron chi connectivity index (χ0n) is 10.9. The summed E-state index contributed by atoms with van der Waals surface area (Å²) in [6.07, 6.45) is 1.42. The van der Waals surface area contributed by atoms with Crippen molar-refractivity contribution in [2.45, 2.75) is 13.8 Å². The third kappa shape index (κ3) is 4.65. The van der Waals surface area contributed by atoms with Crippen molar-refractivity contribution in [2.75, 3.05) is 6.61 Å². The standard InChI is InChI=1S/C15H14N2O2/c1-11(2)10-19-15(18)14(9-17)7-12-4-3-5-13(6-12)8-16/h3-7,11H,10H2,1-2H3/b14-7+. The lowest BCUT2D eigenvalue weighted by molar-refractivity contribution is -0.139. The van der Waals surface area contributed by atoms with Crippen LogP contribution in [0.15, 0.2) is 29.8 Å². The topological polar surface area (TPSA) is 73.9 Å². The Hall–Kier alpha value is -2.59. The lowest BCUT2D eigenvalue weighted by atomic mass is 10.1. The number of hydrogen-bond acceptors (Lipinski definition) is 4. The Morgan fingerprint density at radius 3 is 2.74 bits per heavy atom. The number of nitriles is 2. The Morgan fingerprint density at radius 1 is 1.42 bits per heavy atom. The molecule has 1 aromatic carbocycles. The highest BCUT2D eigenvalue weighted by Crippen LogP contribution is 2.10. The first-order valence-electron chi connectivity index (χ1n) is 5.86. The molecule has 0 N–H and O–H groups in total. The number of carbonyl (C=O) groups excluding carboxylic acids is 1. The first kappa shape index (κ1) is 14.5. The van der Waals surface area contributed by atoms with Gasteiger partial charge in [0.2, 0.25) is 0 Å². The molecule has 0 aliphatic carbocycles. The van der Waals surface area contributed by atoms with Crippen molar-refractivity contribution in [3.05, 3.63) is 41.0 Å². The highest BCUT2D eigenvalue weighted by molar-refractivity contribution is 5.97. The summed E-state index contributed by atoms with van der Waals surface area (Å²) in [4.78, 5) is 11.7. The molecule has 1 rings (SSSR count). The van der Waals surface area contributed by atoms with Gasteiger partial charge in [0.05, 0.1) is 18.2 Å². The third-order valence-corrected chi connectivity index (χ3v) is 2.21. The first-order chi connectivity index (χ1) is 9.06. The number of ether oxygens (including phenoxy) is 1. The highest BCUT2D eigenvalue weighted by atomic mass is 16.5. The molecule has 19 heavy (non-hydrogen) atoms. The fraction of sp³-hybridized carbons (Fsp3) is 0.267. The van der Waals surface area contributed by atoms with Gasteiger partial charge in [-0.3, -0.25) is 0 Å². The Labute approximate surface area is 112 Å². The highest BCUT2D eigenvalue weighted by Gasteiger charge is 2.11. The number of carbonyl (C=O) groups is 1. The van der Waals surface area contributed by atoms with Crippen molar-refractivity contribution in [3.8, 4) is 12.1 Å². The van der Waals surface area contributed by atoms with Crippen molar-refractivity contribution in [3.63, 3.8) is 0 Å². The SMILES string of the molecule is CC(C)COC(=O)/C(C#N)=C/c1cccc(C#N)c1. The minimum Gasteiger partial charge on any atom is -0.461 e. The van der Waals surface area contributed by atoms with Crippen LogP contribution in [0.1, 0.15) is 25.0 Å². The quantitative estimate of drug-likeness (QED) is 0.470. The van der Waals surface area contributed by atoms with Gasteiger partial charge in [0.25, 0.3) is 0 Å². The lowest BCUT2D eigenvalue weighted by Crippen LogP contribution is -2.11. The van der Waals surface area contributed by atoms with Crippen LogP contribution in [0, 0.1) is 28.6 Å².